The van der Waals surface area contributed by atoms with Crippen LogP contribution in [0.2, 0.25) is 0 Å². The lowest BCUT2D eigenvalue weighted by molar-refractivity contribution is -0.143. The van der Waals surface area contributed by atoms with Crippen LogP contribution >= 0.6 is 0 Å². The number of esters is 3. The van der Waals surface area contributed by atoms with Gasteiger partial charge in [0.15, 0.2) is 0 Å². The molecule has 7 nitrogen and oxygen atoms in total. The van der Waals surface area contributed by atoms with Gasteiger partial charge in [-0.3, -0.25) is 4.79 Å². The fourth-order valence-corrected chi connectivity index (χ4v) is 1.47. The van der Waals surface area contributed by atoms with Gasteiger partial charge in [-0.2, -0.15) is 0 Å². The molecular weight excluding hydrogens is 292 g/mol. The number of hydrogen-bond acceptors (Lipinski definition) is 7. The average molecular weight is 314 g/mol. The van der Waals surface area contributed by atoms with Gasteiger partial charge in [-0.05, 0) is 12.8 Å². The van der Waals surface area contributed by atoms with Crippen molar-refractivity contribution in [1.82, 2.24) is 0 Å². The van der Waals surface area contributed by atoms with Gasteiger partial charge in [0.1, 0.15) is 6.61 Å². The predicted octanol–water partition coefficient (Wildman–Crippen LogP) is 1.17. The SMILES string of the molecule is C=C(CC(=O)OC)C(=O)OC.C=CC(=O)OCC1CCCO1. The monoisotopic (exact) mass is 314 g/mol. The lowest BCUT2D eigenvalue weighted by atomic mass is 10.2. The van der Waals surface area contributed by atoms with Crippen molar-refractivity contribution in [1.29, 1.82) is 0 Å². The van der Waals surface area contributed by atoms with E-state index in [9.17, 15) is 14.4 Å². The molecule has 1 aliphatic rings. The van der Waals surface area contributed by atoms with E-state index in [1.54, 1.807) is 0 Å². The summed E-state index contributed by atoms with van der Waals surface area (Å²) in [6.45, 7) is 7.78. The molecule has 0 bridgehead atoms. The molecule has 1 rings (SSSR count). The van der Waals surface area contributed by atoms with Crippen LogP contribution in [0.25, 0.3) is 0 Å². The second kappa shape index (κ2) is 11.5. The fraction of sp³-hybridized carbons (Fsp3) is 0.533. The average Bonchev–Trinajstić information content (AvgIpc) is 3.05. The Hall–Kier alpha value is -2.15. The summed E-state index contributed by atoms with van der Waals surface area (Å²) in [7, 11) is 2.47. The smallest absolute Gasteiger partial charge is 0.333 e. The molecule has 0 spiro atoms. The summed E-state index contributed by atoms with van der Waals surface area (Å²) in [5.74, 6) is -1.46. The van der Waals surface area contributed by atoms with E-state index in [1.165, 1.54) is 14.2 Å². The largest absolute Gasteiger partial charge is 0.469 e. The minimum Gasteiger partial charge on any atom is -0.469 e. The summed E-state index contributed by atoms with van der Waals surface area (Å²) in [5.41, 5.74) is 0.0966. The van der Waals surface area contributed by atoms with Gasteiger partial charge in [0.05, 0.1) is 26.7 Å². The Morgan fingerprint density at radius 3 is 2.41 bits per heavy atom. The Morgan fingerprint density at radius 2 is 1.95 bits per heavy atom. The molecule has 0 saturated carbocycles. The van der Waals surface area contributed by atoms with Crippen LogP contribution in [0.5, 0.6) is 0 Å². The summed E-state index contributed by atoms with van der Waals surface area (Å²) in [6, 6.07) is 0. The Balaban J connectivity index is 0.000000401. The van der Waals surface area contributed by atoms with Crippen LogP contribution in [0.1, 0.15) is 19.3 Å². The minimum absolute atomic E-state index is 0.0966. The Labute approximate surface area is 129 Å². The summed E-state index contributed by atoms with van der Waals surface area (Å²) >= 11 is 0. The number of methoxy groups -OCH3 is 2. The summed E-state index contributed by atoms with van der Waals surface area (Å²) < 4.78 is 18.6. The van der Waals surface area contributed by atoms with Crippen LogP contribution in [0, 0.1) is 0 Å². The van der Waals surface area contributed by atoms with Gasteiger partial charge >= 0.3 is 17.9 Å². The van der Waals surface area contributed by atoms with Gasteiger partial charge in [0.2, 0.25) is 0 Å². The molecule has 0 N–H and O–H groups in total. The van der Waals surface area contributed by atoms with E-state index < -0.39 is 11.9 Å². The normalized spacial score (nSPS) is 15.8. The van der Waals surface area contributed by atoms with E-state index in [0.717, 1.165) is 25.5 Å². The highest BCUT2D eigenvalue weighted by molar-refractivity contribution is 5.93. The molecule has 1 fully saturated rings. The maximum Gasteiger partial charge on any atom is 0.333 e. The molecule has 7 heteroatoms. The van der Waals surface area contributed by atoms with Crippen LogP contribution in [0.3, 0.4) is 0 Å². The molecule has 0 aliphatic carbocycles. The van der Waals surface area contributed by atoms with E-state index in [4.69, 9.17) is 9.47 Å². The fourth-order valence-electron chi connectivity index (χ4n) is 1.47. The highest BCUT2D eigenvalue weighted by Gasteiger charge is 2.16. The van der Waals surface area contributed by atoms with Gasteiger partial charge in [-0.1, -0.05) is 13.2 Å². The van der Waals surface area contributed by atoms with E-state index in [2.05, 4.69) is 22.6 Å². The van der Waals surface area contributed by atoms with Crippen molar-refractivity contribution < 1.29 is 33.3 Å². The van der Waals surface area contributed by atoms with Gasteiger partial charge in [0, 0.05) is 18.3 Å². The first-order valence-corrected chi connectivity index (χ1v) is 6.68. The van der Waals surface area contributed by atoms with Crippen LogP contribution in [-0.4, -0.2) is 51.4 Å². The van der Waals surface area contributed by atoms with E-state index in [-0.39, 0.29) is 24.1 Å². The third-order valence-corrected chi connectivity index (χ3v) is 2.66. The van der Waals surface area contributed by atoms with Gasteiger partial charge in [-0.25, -0.2) is 9.59 Å². The lowest BCUT2D eigenvalue weighted by Gasteiger charge is -2.07. The zero-order chi connectivity index (χ0) is 17.0. The predicted molar refractivity (Wildman–Crippen MR) is 77.9 cm³/mol. The molecule has 22 heavy (non-hydrogen) atoms. The molecule has 0 amide bonds. The first-order valence-electron chi connectivity index (χ1n) is 6.68. The van der Waals surface area contributed by atoms with E-state index >= 15 is 0 Å². The summed E-state index contributed by atoms with van der Waals surface area (Å²) in [5, 5.41) is 0. The Morgan fingerprint density at radius 1 is 1.27 bits per heavy atom. The van der Waals surface area contributed by atoms with Crippen molar-refractivity contribution >= 4 is 17.9 Å². The molecule has 0 aromatic rings. The molecular formula is C15H22O7. The van der Waals surface area contributed by atoms with Gasteiger partial charge in [0.25, 0.3) is 0 Å². The first-order chi connectivity index (χ1) is 10.4. The van der Waals surface area contributed by atoms with Crippen molar-refractivity contribution in [3.05, 3.63) is 24.8 Å². The second-order valence-electron chi connectivity index (χ2n) is 4.32. The number of ether oxygens (including phenoxy) is 4. The number of hydrogen-bond donors (Lipinski definition) is 0. The van der Waals surface area contributed by atoms with E-state index in [1.807, 2.05) is 0 Å². The summed E-state index contributed by atoms with van der Waals surface area (Å²) in [6.07, 6.45) is 3.21. The first kappa shape index (κ1) is 19.9. The molecule has 0 aromatic carbocycles. The zero-order valence-electron chi connectivity index (χ0n) is 13.0. The van der Waals surface area contributed by atoms with E-state index in [0.29, 0.717) is 6.61 Å². The third-order valence-electron chi connectivity index (χ3n) is 2.66. The van der Waals surface area contributed by atoms with Crippen molar-refractivity contribution in [2.75, 3.05) is 27.4 Å². The quantitative estimate of drug-likeness (QED) is 0.413. The number of rotatable bonds is 6. The molecule has 0 radical (unpaired) electrons. The zero-order valence-corrected chi connectivity index (χ0v) is 13.0. The third kappa shape index (κ3) is 8.91. The van der Waals surface area contributed by atoms with Crippen molar-refractivity contribution in [3.63, 3.8) is 0 Å². The standard InChI is InChI=1S/C8H12O3.C7H10O4/c1-2-8(9)11-6-7-4-3-5-10-7;1-5(7(9)11-3)4-6(8)10-2/h2,7H,1,3-6H2;1,4H2,2-3H3. The lowest BCUT2D eigenvalue weighted by Crippen LogP contribution is -2.16. The molecule has 1 atom stereocenters. The van der Waals surface area contributed by atoms with Crippen LogP contribution in [-0.2, 0) is 33.3 Å². The topological polar surface area (TPSA) is 88.1 Å². The van der Waals surface area contributed by atoms with Gasteiger partial charge < -0.3 is 18.9 Å². The van der Waals surface area contributed by atoms with Crippen molar-refractivity contribution in [3.8, 4) is 0 Å². The van der Waals surface area contributed by atoms with Crippen molar-refractivity contribution in [2.24, 2.45) is 0 Å². The highest BCUT2D eigenvalue weighted by Crippen LogP contribution is 2.11. The van der Waals surface area contributed by atoms with Crippen LogP contribution in [0.15, 0.2) is 24.8 Å². The number of carbonyl (C=O) groups excluding carboxylic acids is 3. The van der Waals surface area contributed by atoms with Gasteiger partial charge in [-0.15, -0.1) is 0 Å². The summed E-state index contributed by atoms with van der Waals surface area (Å²) in [4.78, 5) is 31.8. The Bertz CT molecular complexity index is 408. The molecule has 124 valence electrons. The molecule has 1 unspecified atom stereocenters. The maximum absolute atomic E-state index is 10.6. The molecule has 1 heterocycles. The minimum atomic E-state index is -0.588. The maximum atomic E-state index is 10.6. The second-order valence-corrected chi connectivity index (χ2v) is 4.32. The molecule has 1 saturated heterocycles. The molecule has 1 aliphatic heterocycles. The number of carbonyl (C=O) groups is 3. The highest BCUT2D eigenvalue weighted by atomic mass is 16.6. The molecule has 0 aromatic heterocycles. The van der Waals surface area contributed by atoms with Crippen LogP contribution < -0.4 is 0 Å². The van der Waals surface area contributed by atoms with Crippen molar-refractivity contribution in [2.45, 2.75) is 25.4 Å². The Kier molecular flexibility index (Phi) is 10.4. The van der Waals surface area contributed by atoms with Crippen LogP contribution in [0.4, 0.5) is 0 Å².